The third-order valence-electron chi connectivity index (χ3n) is 4.30. The van der Waals surface area contributed by atoms with E-state index in [4.69, 9.17) is 11.5 Å². The Bertz CT molecular complexity index is 795. The van der Waals surface area contributed by atoms with Crippen molar-refractivity contribution in [3.8, 4) is 0 Å². The summed E-state index contributed by atoms with van der Waals surface area (Å²) in [6, 6.07) is 12.8. The highest BCUT2D eigenvalue weighted by molar-refractivity contribution is 7.19. The number of nitrogens with two attached hydrogens (primary N) is 2. The lowest BCUT2D eigenvalue weighted by atomic mass is 10.1. The predicted octanol–water partition coefficient (Wildman–Crippen LogP) is 3.45. The second kappa shape index (κ2) is 7.64. The summed E-state index contributed by atoms with van der Waals surface area (Å²) in [4.78, 5) is 8.95. The van der Waals surface area contributed by atoms with Crippen LogP contribution in [0.25, 0.3) is 10.2 Å². The summed E-state index contributed by atoms with van der Waals surface area (Å²) in [6.07, 6.45) is 3.76. The van der Waals surface area contributed by atoms with E-state index in [1.807, 2.05) is 18.3 Å². The van der Waals surface area contributed by atoms with Gasteiger partial charge in [0.15, 0.2) is 0 Å². The second-order valence-electron chi connectivity index (χ2n) is 5.83. The normalized spacial score (nSPS) is 11.1. The third-order valence-corrected chi connectivity index (χ3v) is 5.49. The van der Waals surface area contributed by atoms with Gasteiger partial charge in [0.25, 0.3) is 0 Å². The molecule has 126 valence electrons. The Morgan fingerprint density at radius 1 is 1.12 bits per heavy atom. The Morgan fingerprint density at radius 2 is 1.92 bits per heavy atom. The van der Waals surface area contributed by atoms with Crippen molar-refractivity contribution in [3.63, 3.8) is 0 Å². The Kier molecular flexibility index (Phi) is 5.33. The van der Waals surface area contributed by atoms with Gasteiger partial charge in [-0.3, -0.25) is 0 Å². The largest absolute Gasteiger partial charge is 0.397 e. The van der Waals surface area contributed by atoms with Crippen molar-refractivity contribution in [3.05, 3.63) is 53.0 Å². The fourth-order valence-electron chi connectivity index (χ4n) is 2.94. The number of fused-ring (bicyclic) bond motifs is 1. The number of hydrogen-bond acceptors (Lipinski definition) is 5. The molecule has 0 atom stereocenters. The van der Waals surface area contributed by atoms with Crippen molar-refractivity contribution in [2.24, 2.45) is 5.73 Å². The molecule has 24 heavy (non-hydrogen) atoms. The molecular formula is C19H24N4S. The van der Waals surface area contributed by atoms with Gasteiger partial charge in [-0.2, -0.15) is 0 Å². The number of likely N-dealkylation sites (N-methyl/N-ethyl adjacent to an activating group) is 1. The summed E-state index contributed by atoms with van der Waals surface area (Å²) >= 11 is 1.70. The maximum Gasteiger partial charge on any atom is 0.125 e. The molecular weight excluding hydrogens is 316 g/mol. The molecule has 4 nitrogen and oxygen atoms in total. The van der Waals surface area contributed by atoms with Crippen molar-refractivity contribution in [2.75, 3.05) is 30.3 Å². The molecule has 0 saturated heterocycles. The quantitative estimate of drug-likeness (QED) is 0.691. The van der Waals surface area contributed by atoms with Gasteiger partial charge >= 0.3 is 0 Å². The van der Waals surface area contributed by atoms with Crippen molar-refractivity contribution < 1.29 is 0 Å². The molecule has 0 amide bonds. The number of anilines is 2. The van der Waals surface area contributed by atoms with Crippen LogP contribution in [0.3, 0.4) is 0 Å². The Hall–Kier alpha value is -2.11. The van der Waals surface area contributed by atoms with Crippen LogP contribution >= 0.6 is 11.3 Å². The smallest absolute Gasteiger partial charge is 0.125 e. The highest BCUT2D eigenvalue weighted by atomic mass is 32.1. The van der Waals surface area contributed by atoms with Crippen LogP contribution in [0.1, 0.15) is 17.4 Å². The molecule has 3 rings (SSSR count). The lowest BCUT2D eigenvalue weighted by Crippen LogP contribution is -2.28. The van der Waals surface area contributed by atoms with Crippen LogP contribution in [0, 0.1) is 0 Å². The second-order valence-corrected chi connectivity index (χ2v) is 6.91. The van der Waals surface area contributed by atoms with E-state index in [-0.39, 0.29) is 0 Å². The van der Waals surface area contributed by atoms with E-state index in [0.29, 0.717) is 6.54 Å². The summed E-state index contributed by atoms with van der Waals surface area (Å²) in [6.45, 7) is 4.69. The number of nitrogen functional groups attached to an aromatic ring is 1. The fourth-order valence-corrected chi connectivity index (χ4v) is 4.00. The van der Waals surface area contributed by atoms with Gasteiger partial charge in [-0.05, 0) is 49.6 Å². The predicted molar refractivity (Wildman–Crippen MR) is 105 cm³/mol. The van der Waals surface area contributed by atoms with Gasteiger partial charge in [0, 0.05) is 41.8 Å². The zero-order chi connectivity index (χ0) is 16.9. The molecule has 0 aliphatic rings. The van der Waals surface area contributed by atoms with Crippen LogP contribution in [0.2, 0.25) is 0 Å². The Morgan fingerprint density at radius 3 is 2.58 bits per heavy atom. The number of aromatic nitrogens is 1. The van der Waals surface area contributed by atoms with E-state index in [1.165, 1.54) is 16.1 Å². The molecule has 1 aromatic carbocycles. The summed E-state index contributed by atoms with van der Waals surface area (Å²) in [7, 11) is 0. The van der Waals surface area contributed by atoms with Gasteiger partial charge in [0.1, 0.15) is 4.83 Å². The minimum atomic E-state index is 0.675. The third kappa shape index (κ3) is 3.52. The van der Waals surface area contributed by atoms with E-state index in [2.05, 4.69) is 41.1 Å². The molecule has 2 aromatic heterocycles. The first-order chi connectivity index (χ1) is 11.7. The standard InChI is InChI=1S/C19H24N4S/c1-2-23(13-11-20)15-8-5-14(6-9-15)7-10-17-18(21)16-4-3-12-22-19(16)24-17/h3-6,8-9,12H,2,7,10-11,13,20-21H2,1H3. The lowest BCUT2D eigenvalue weighted by molar-refractivity contribution is 0.816. The molecule has 0 saturated carbocycles. The summed E-state index contributed by atoms with van der Waals surface area (Å²) in [5, 5.41) is 1.08. The van der Waals surface area contributed by atoms with Crippen LogP contribution < -0.4 is 16.4 Å². The van der Waals surface area contributed by atoms with Crippen LogP contribution in [0.15, 0.2) is 42.6 Å². The molecule has 0 fully saturated rings. The van der Waals surface area contributed by atoms with Crippen LogP contribution in [-0.4, -0.2) is 24.6 Å². The molecule has 0 radical (unpaired) electrons. The molecule has 0 aliphatic heterocycles. The number of benzene rings is 1. The van der Waals surface area contributed by atoms with Crippen LogP contribution in [-0.2, 0) is 12.8 Å². The summed E-state index contributed by atoms with van der Waals surface area (Å²) < 4.78 is 0. The molecule has 2 heterocycles. The van der Waals surface area contributed by atoms with Crippen LogP contribution in [0.5, 0.6) is 0 Å². The summed E-state index contributed by atoms with van der Waals surface area (Å²) in [5.74, 6) is 0. The van der Waals surface area contributed by atoms with Crippen molar-refractivity contribution in [2.45, 2.75) is 19.8 Å². The van der Waals surface area contributed by atoms with Gasteiger partial charge < -0.3 is 16.4 Å². The van der Waals surface area contributed by atoms with Crippen molar-refractivity contribution >= 4 is 32.9 Å². The first-order valence-corrected chi connectivity index (χ1v) is 9.20. The van der Waals surface area contributed by atoms with Gasteiger partial charge in [0.2, 0.25) is 0 Å². The minimum Gasteiger partial charge on any atom is -0.397 e. The zero-order valence-corrected chi connectivity index (χ0v) is 14.9. The maximum atomic E-state index is 6.27. The van der Waals surface area contributed by atoms with Crippen LogP contribution in [0.4, 0.5) is 11.4 Å². The zero-order valence-electron chi connectivity index (χ0n) is 14.0. The van der Waals surface area contributed by atoms with Crippen molar-refractivity contribution in [1.29, 1.82) is 0 Å². The topological polar surface area (TPSA) is 68.2 Å². The molecule has 0 bridgehead atoms. The highest BCUT2D eigenvalue weighted by Gasteiger charge is 2.10. The lowest BCUT2D eigenvalue weighted by Gasteiger charge is -2.22. The Balaban J connectivity index is 1.69. The highest BCUT2D eigenvalue weighted by Crippen LogP contribution is 2.32. The fraction of sp³-hybridized carbons (Fsp3) is 0.316. The first kappa shape index (κ1) is 16.7. The first-order valence-electron chi connectivity index (χ1n) is 8.38. The molecule has 0 aliphatic carbocycles. The molecule has 5 heteroatoms. The van der Waals surface area contributed by atoms with E-state index in [9.17, 15) is 0 Å². The maximum absolute atomic E-state index is 6.27. The van der Waals surface area contributed by atoms with E-state index >= 15 is 0 Å². The van der Waals surface area contributed by atoms with E-state index < -0.39 is 0 Å². The van der Waals surface area contributed by atoms with Gasteiger partial charge in [-0.1, -0.05) is 12.1 Å². The number of thiophene rings is 1. The average molecular weight is 340 g/mol. The van der Waals surface area contributed by atoms with Gasteiger partial charge in [-0.25, -0.2) is 4.98 Å². The summed E-state index contributed by atoms with van der Waals surface area (Å²) in [5.41, 5.74) is 15.4. The molecule has 0 spiro atoms. The molecule has 0 unspecified atom stereocenters. The van der Waals surface area contributed by atoms with Gasteiger partial charge in [-0.15, -0.1) is 11.3 Å². The number of pyridine rings is 1. The number of rotatable bonds is 7. The minimum absolute atomic E-state index is 0.675. The SMILES string of the molecule is CCN(CCN)c1ccc(CCc2sc3ncccc3c2N)cc1. The van der Waals surface area contributed by atoms with Crippen molar-refractivity contribution in [1.82, 2.24) is 4.98 Å². The number of nitrogens with zero attached hydrogens (tertiary/aromatic N) is 2. The number of aryl methyl sites for hydroxylation is 2. The molecule has 3 aromatic rings. The van der Waals surface area contributed by atoms with Gasteiger partial charge in [0.05, 0.1) is 5.69 Å². The van der Waals surface area contributed by atoms with E-state index in [0.717, 1.165) is 41.8 Å². The molecule has 4 N–H and O–H groups in total. The Labute approximate surface area is 147 Å². The monoisotopic (exact) mass is 340 g/mol. The van der Waals surface area contributed by atoms with E-state index in [1.54, 1.807) is 11.3 Å². The average Bonchev–Trinajstić information content (AvgIpc) is 2.95. The number of hydrogen-bond donors (Lipinski definition) is 2.